The molecule has 0 fully saturated rings. The maximum Gasteiger partial charge on any atom is 0.129 e. The lowest BCUT2D eigenvalue weighted by Gasteiger charge is -2.19. The minimum Gasteiger partial charge on any atom is -0.395 e. The second kappa shape index (κ2) is 7.22. The van der Waals surface area contributed by atoms with Crippen molar-refractivity contribution < 1.29 is 5.11 Å². The molecule has 0 radical (unpaired) electrons. The highest BCUT2D eigenvalue weighted by Crippen LogP contribution is 2.19. The van der Waals surface area contributed by atoms with Crippen molar-refractivity contribution in [1.82, 2.24) is 9.88 Å². The molecule has 2 N–H and O–H groups in total. The predicted molar refractivity (Wildman–Crippen MR) is 84.2 cm³/mol. The van der Waals surface area contributed by atoms with Crippen LogP contribution < -0.4 is 5.32 Å². The Morgan fingerprint density at radius 1 is 1.25 bits per heavy atom. The number of benzene rings is 1. The Morgan fingerprint density at radius 3 is 2.80 bits per heavy atom. The van der Waals surface area contributed by atoms with E-state index in [4.69, 9.17) is 5.11 Å². The molecule has 0 aliphatic carbocycles. The number of hydrogen-bond acceptors (Lipinski definition) is 4. The number of likely N-dealkylation sites (N-methyl/N-ethyl adjacent to an activating group) is 1. The van der Waals surface area contributed by atoms with Crippen molar-refractivity contribution in [2.75, 3.05) is 38.1 Å². The van der Waals surface area contributed by atoms with Crippen LogP contribution >= 0.6 is 0 Å². The summed E-state index contributed by atoms with van der Waals surface area (Å²) in [4.78, 5) is 6.88. The highest BCUT2D eigenvalue weighted by Gasteiger charge is 2.04. The zero-order valence-corrected chi connectivity index (χ0v) is 12.3. The minimum absolute atomic E-state index is 0.209. The molecule has 0 bridgehead atoms. The molecular formula is C16H23N3O. The predicted octanol–water partition coefficient (Wildman–Crippen LogP) is 2.27. The number of anilines is 1. The van der Waals surface area contributed by atoms with Crippen LogP contribution in [-0.4, -0.2) is 47.8 Å². The van der Waals surface area contributed by atoms with Gasteiger partial charge in [-0.25, -0.2) is 4.98 Å². The summed E-state index contributed by atoms with van der Waals surface area (Å²) in [5.74, 6) is 0.948. The summed E-state index contributed by atoms with van der Waals surface area (Å²) >= 11 is 0. The molecule has 1 heterocycles. The number of nitrogens with one attached hydrogen (secondary N) is 1. The molecule has 2 aromatic rings. The molecule has 0 atom stereocenters. The number of aromatic nitrogens is 1. The van der Waals surface area contributed by atoms with Gasteiger partial charge in [-0.05, 0) is 31.2 Å². The van der Waals surface area contributed by atoms with E-state index in [0.29, 0.717) is 0 Å². The second-order valence-corrected chi connectivity index (χ2v) is 4.93. The van der Waals surface area contributed by atoms with Crippen LogP contribution in [0.3, 0.4) is 0 Å². The number of aliphatic hydroxyl groups excluding tert-OH is 1. The molecule has 0 aliphatic heterocycles. The number of pyridine rings is 1. The number of para-hydroxylation sites is 1. The zero-order valence-electron chi connectivity index (χ0n) is 12.3. The molecule has 20 heavy (non-hydrogen) atoms. The molecule has 0 amide bonds. The van der Waals surface area contributed by atoms with Crippen LogP contribution in [0.1, 0.15) is 12.5 Å². The second-order valence-electron chi connectivity index (χ2n) is 4.93. The van der Waals surface area contributed by atoms with E-state index in [9.17, 15) is 0 Å². The summed E-state index contributed by atoms with van der Waals surface area (Å²) in [6.07, 6.45) is 0. The molecule has 0 aliphatic rings. The van der Waals surface area contributed by atoms with Crippen molar-refractivity contribution in [1.29, 1.82) is 0 Å². The topological polar surface area (TPSA) is 48.4 Å². The van der Waals surface area contributed by atoms with Crippen molar-refractivity contribution in [2.45, 2.75) is 13.8 Å². The molecule has 1 aromatic heterocycles. The van der Waals surface area contributed by atoms with Crippen molar-refractivity contribution in [3.05, 3.63) is 35.9 Å². The van der Waals surface area contributed by atoms with Crippen LogP contribution in [0.4, 0.5) is 5.82 Å². The molecule has 108 valence electrons. The first-order valence-corrected chi connectivity index (χ1v) is 7.18. The smallest absolute Gasteiger partial charge is 0.129 e. The van der Waals surface area contributed by atoms with Crippen molar-refractivity contribution in [3.63, 3.8) is 0 Å². The van der Waals surface area contributed by atoms with Gasteiger partial charge in [0, 0.05) is 25.0 Å². The Hall–Kier alpha value is -1.65. The average molecular weight is 273 g/mol. The maximum absolute atomic E-state index is 8.97. The van der Waals surface area contributed by atoms with Crippen molar-refractivity contribution >= 4 is 16.7 Å². The minimum atomic E-state index is 0.209. The highest BCUT2D eigenvalue weighted by atomic mass is 16.3. The molecule has 1 aromatic carbocycles. The Balaban J connectivity index is 2.00. The van der Waals surface area contributed by atoms with Gasteiger partial charge in [0.05, 0.1) is 12.1 Å². The Labute approximate surface area is 120 Å². The SMILES string of the molecule is CCN(CCO)CCNc1nc2ccccc2cc1C. The van der Waals surface area contributed by atoms with Gasteiger partial charge >= 0.3 is 0 Å². The van der Waals surface area contributed by atoms with Gasteiger partial charge in [-0.2, -0.15) is 0 Å². The van der Waals surface area contributed by atoms with E-state index in [1.807, 2.05) is 18.2 Å². The van der Waals surface area contributed by atoms with E-state index in [1.54, 1.807) is 0 Å². The van der Waals surface area contributed by atoms with E-state index < -0.39 is 0 Å². The van der Waals surface area contributed by atoms with E-state index in [1.165, 1.54) is 5.39 Å². The van der Waals surface area contributed by atoms with E-state index >= 15 is 0 Å². The summed E-state index contributed by atoms with van der Waals surface area (Å²) in [5.41, 5.74) is 2.18. The van der Waals surface area contributed by atoms with Crippen LogP contribution in [0.25, 0.3) is 10.9 Å². The van der Waals surface area contributed by atoms with Crippen LogP contribution in [0, 0.1) is 6.92 Å². The summed E-state index contributed by atoms with van der Waals surface area (Å²) in [6.45, 7) is 7.81. The molecule has 0 saturated heterocycles. The van der Waals surface area contributed by atoms with Crippen molar-refractivity contribution in [2.24, 2.45) is 0 Å². The molecule has 4 nitrogen and oxygen atoms in total. The number of aryl methyl sites for hydroxylation is 1. The number of rotatable bonds is 7. The number of hydrogen-bond donors (Lipinski definition) is 2. The molecule has 0 unspecified atom stereocenters. The van der Waals surface area contributed by atoms with Gasteiger partial charge in [0.25, 0.3) is 0 Å². The molecule has 4 heteroatoms. The molecular weight excluding hydrogens is 250 g/mol. The Bertz CT molecular complexity index is 556. The summed E-state index contributed by atoms with van der Waals surface area (Å²) in [5, 5.41) is 13.5. The fraction of sp³-hybridized carbons (Fsp3) is 0.438. The first-order chi connectivity index (χ1) is 9.74. The van der Waals surface area contributed by atoms with Crippen LogP contribution in [0.15, 0.2) is 30.3 Å². The van der Waals surface area contributed by atoms with Gasteiger partial charge in [-0.1, -0.05) is 25.1 Å². The number of nitrogens with zero attached hydrogens (tertiary/aromatic N) is 2. The first-order valence-electron chi connectivity index (χ1n) is 7.18. The fourth-order valence-electron chi connectivity index (χ4n) is 2.30. The van der Waals surface area contributed by atoms with E-state index in [2.05, 4.69) is 41.2 Å². The largest absolute Gasteiger partial charge is 0.395 e. The van der Waals surface area contributed by atoms with Gasteiger partial charge in [-0.15, -0.1) is 0 Å². The van der Waals surface area contributed by atoms with Crippen LogP contribution in [0.5, 0.6) is 0 Å². The Morgan fingerprint density at radius 2 is 2.05 bits per heavy atom. The fourth-order valence-corrected chi connectivity index (χ4v) is 2.30. The molecule has 0 saturated carbocycles. The third kappa shape index (κ3) is 3.68. The lowest BCUT2D eigenvalue weighted by atomic mass is 10.1. The molecule has 2 rings (SSSR count). The Kier molecular flexibility index (Phi) is 5.32. The van der Waals surface area contributed by atoms with E-state index in [-0.39, 0.29) is 6.61 Å². The summed E-state index contributed by atoms with van der Waals surface area (Å²) in [6, 6.07) is 10.3. The van der Waals surface area contributed by atoms with Gasteiger partial charge in [-0.3, -0.25) is 4.90 Å². The lowest BCUT2D eigenvalue weighted by Crippen LogP contribution is -2.31. The average Bonchev–Trinajstić information content (AvgIpc) is 2.46. The monoisotopic (exact) mass is 273 g/mol. The van der Waals surface area contributed by atoms with Crippen LogP contribution in [-0.2, 0) is 0 Å². The normalized spacial score (nSPS) is 11.2. The van der Waals surface area contributed by atoms with Crippen molar-refractivity contribution in [3.8, 4) is 0 Å². The lowest BCUT2D eigenvalue weighted by molar-refractivity contribution is 0.206. The highest BCUT2D eigenvalue weighted by molar-refractivity contribution is 5.81. The zero-order chi connectivity index (χ0) is 14.4. The third-order valence-electron chi connectivity index (χ3n) is 3.50. The number of fused-ring (bicyclic) bond motifs is 1. The summed E-state index contributed by atoms with van der Waals surface area (Å²) in [7, 11) is 0. The van der Waals surface area contributed by atoms with Gasteiger partial charge in [0.2, 0.25) is 0 Å². The van der Waals surface area contributed by atoms with Gasteiger partial charge < -0.3 is 10.4 Å². The van der Waals surface area contributed by atoms with E-state index in [0.717, 1.165) is 43.1 Å². The number of aliphatic hydroxyl groups is 1. The molecule has 0 spiro atoms. The first kappa shape index (κ1) is 14.8. The van der Waals surface area contributed by atoms with Gasteiger partial charge in [0.1, 0.15) is 5.82 Å². The quantitative estimate of drug-likeness (QED) is 0.812. The standard InChI is InChI=1S/C16H23N3O/c1-3-19(10-11-20)9-8-17-16-13(2)12-14-6-4-5-7-15(14)18-16/h4-7,12,20H,3,8-11H2,1-2H3,(H,17,18). The van der Waals surface area contributed by atoms with Crippen LogP contribution in [0.2, 0.25) is 0 Å². The maximum atomic E-state index is 8.97. The third-order valence-corrected chi connectivity index (χ3v) is 3.50. The van der Waals surface area contributed by atoms with Gasteiger partial charge in [0.15, 0.2) is 0 Å². The summed E-state index contributed by atoms with van der Waals surface area (Å²) < 4.78 is 0.